The topological polar surface area (TPSA) is 107 Å². The van der Waals surface area contributed by atoms with Gasteiger partial charge in [-0.2, -0.15) is 5.10 Å². The molecule has 0 radical (unpaired) electrons. The number of halogens is 1. The Balaban J connectivity index is 1.53. The summed E-state index contributed by atoms with van der Waals surface area (Å²) in [5.74, 6) is 1.32. The average molecular weight is 456 g/mol. The number of furan rings is 1. The van der Waals surface area contributed by atoms with Gasteiger partial charge < -0.3 is 9.15 Å². The van der Waals surface area contributed by atoms with Crippen molar-refractivity contribution in [3.63, 3.8) is 0 Å². The van der Waals surface area contributed by atoms with Crippen LogP contribution in [-0.4, -0.2) is 23.7 Å². The standard InChI is InChI=1S/C23H22ClN3O5/c1-3-15(2)16-4-7-18(8-5-16)31-14-23(28)26-25-13-19-9-11-22(32-19)20-12-17(27(29)30)6-10-21(20)24/h4-13,15H,3,14H2,1-2H3,(H,26,28)/b25-13+/t15-/m0/s1. The maximum absolute atomic E-state index is 11.9. The first-order valence-corrected chi connectivity index (χ1v) is 10.3. The van der Waals surface area contributed by atoms with Gasteiger partial charge in [0.25, 0.3) is 11.6 Å². The molecule has 166 valence electrons. The molecule has 1 aromatic heterocycles. The molecule has 0 bridgehead atoms. The molecular weight excluding hydrogens is 434 g/mol. The zero-order chi connectivity index (χ0) is 23.1. The third-order valence-corrected chi connectivity index (χ3v) is 5.20. The van der Waals surface area contributed by atoms with Gasteiger partial charge >= 0.3 is 0 Å². The maximum atomic E-state index is 11.9. The molecule has 3 aromatic rings. The molecule has 0 unspecified atom stereocenters. The Kier molecular flexibility index (Phi) is 7.62. The molecule has 0 saturated heterocycles. The molecule has 3 rings (SSSR count). The number of amides is 1. The first-order chi connectivity index (χ1) is 15.4. The van der Waals surface area contributed by atoms with Crippen LogP contribution in [0.2, 0.25) is 5.02 Å². The van der Waals surface area contributed by atoms with Gasteiger partial charge in [0, 0.05) is 17.7 Å². The number of rotatable bonds is 9. The summed E-state index contributed by atoms with van der Waals surface area (Å²) in [5, 5.41) is 15.1. The van der Waals surface area contributed by atoms with E-state index in [1.54, 1.807) is 12.1 Å². The lowest BCUT2D eigenvalue weighted by Crippen LogP contribution is -2.24. The average Bonchev–Trinajstić information content (AvgIpc) is 3.26. The molecule has 0 spiro atoms. The number of ether oxygens (including phenoxy) is 1. The number of nitrogens with one attached hydrogen (secondary N) is 1. The minimum atomic E-state index is -0.511. The van der Waals surface area contributed by atoms with E-state index >= 15 is 0 Å². The third kappa shape index (κ3) is 5.95. The Morgan fingerprint density at radius 3 is 2.69 bits per heavy atom. The van der Waals surface area contributed by atoms with E-state index in [2.05, 4.69) is 24.4 Å². The number of hydrogen-bond donors (Lipinski definition) is 1. The van der Waals surface area contributed by atoms with Gasteiger partial charge in [-0.25, -0.2) is 5.43 Å². The fourth-order valence-corrected chi connectivity index (χ4v) is 3.07. The van der Waals surface area contributed by atoms with Gasteiger partial charge in [0.15, 0.2) is 6.61 Å². The van der Waals surface area contributed by atoms with Crippen LogP contribution in [0.1, 0.15) is 37.5 Å². The number of hydrogen-bond acceptors (Lipinski definition) is 6. The summed E-state index contributed by atoms with van der Waals surface area (Å²) in [6, 6.07) is 14.9. The summed E-state index contributed by atoms with van der Waals surface area (Å²) in [7, 11) is 0. The van der Waals surface area contributed by atoms with Gasteiger partial charge in [0.1, 0.15) is 17.3 Å². The van der Waals surface area contributed by atoms with E-state index in [0.29, 0.717) is 33.8 Å². The molecule has 0 fully saturated rings. The van der Waals surface area contributed by atoms with Crippen LogP contribution in [0.5, 0.6) is 5.75 Å². The number of hydrazone groups is 1. The monoisotopic (exact) mass is 455 g/mol. The van der Waals surface area contributed by atoms with Gasteiger partial charge in [-0.3, -0.25) is 14.9 Å². The molecule has 1 N–H and O–H groups in total. The van der Waals surface area contributed by atoms with Crippen LogP contribution in [-0.2, 0) is 4.79 Å². The van der Waals surface area contributed by atoms with Crippen molar-refractivity contribution in [3.05, 3.63) is 81.1 Å². The highest BCUT2D eigenvalue weighted by molar-refractivity contribution is 6.33. The molecule has 1 amide bonds. The predicted molar refractivity (Wildman–Crippen MR) is 122 cm³/mol. The lowest BCUT2D eigenvalue weighted by Gasteiger charge is -2.10. The van der Waals surface area contributed by atoms with E-state index in [0.717, 1.165) is 6.42 Å². The molecule has 0 aliphatic heterocycles. The Morgan fingerprint density at radius 2 is 2.00 bits per heavy atom. The Bertz CT molecular complexity index is 1120. The third-order valence-electron chi connectivity index (χ3n) is 4.87. The number of nitro benzene ring substituents is 1. The van der Waals surface area contributed by atoms with Crippen molar-refractivity contribution in [3.8, 4) is 17.1 Å². The van der Waals surface area contributed by atoms with Crippen molar-refractivity contribution < 1.29 is 18.9 Å². The molecular formula is C23H22ClN3O5. The minimum absolute atomic E-state index is 0.0993. The number of nitrogens with zero attached hydrogens (tertiary/aromatic N) is 2. The van der Waals surface area contributed by atoms with Crippen molar-refractivity contribution in [2.24, 2.45) is 5.10 Å². The second-order valence-corrected chi connectivity index (χ2v) is 7.49. The van der Waals surface area contributed by atoms with E-state index in [9.17, 15) is 14.9 Å². The normalized spacial score (nSPS) is 12.0. The van der Waals surface area contributed by atoms with Crippen molar-refractivity contribution in [1.29, 1.82) is 0 Å². The van der Waals surface area contributed by atoms with E-state index in [4.69, 9.17) is 20.8 Å². The van der Waals surface area contributed by atoms with E-state index in [-0.39, 0.29) is 12.3 Å². The van der Waals surface area contributed by atoms with Gasteiger partial charge in [-0.05, 0) is 48.2 Å². The fraction of sp³-hybridized carbons (Fsp3) is 0.217. The summed E-state index contributed by atoms with van der Waals surface area (Å²) in [5.41, 5.74) is 3.86. The summed E-state index contributed by atoms with van der Waals surface area (Å²) in [6.45, 7) is 4.10. The van der Waals surface area contributed by atoms with Crippen LogP contribution in [0, 0.1) is 10.1 Å². The molecule has 0 aliphatic rings. The van der Waals surface area contributed by atoms with Crippen LogP contribution >= 0.6 is 11.6 Å². The van der Waals surface area contributed by atoms with Crippen LogP contribution in [0.3, 0.4) is 0 Å². The summed E-state index contributed by atoms with van der Waals surface area (Å²) in [4.78, 5) is 22.4. The van der Waals surface area contributed by atoms with E-state index < -0.39 is 10.8 Å². The molecule has 2 aromatic carbocycles. The number of non-ortho nitro benzene ring substituents is 1. The zero-order valence-electron chi connectivity index (χ0n) is 17.6. The summed E-state index contributed by atoms with van der Waals surface area (Å²) < 4.78 is 11.1. The SMILES string of the molecule is CC[C@H](C)c1ccc(OCC(=O)N/N=C/c2ccc(-c3cc([N+](=O)[O-])ccc3Cl)o2)cc1. The number of carbonyl (C=O) groups excluding carboxylic acids is 1. The first kappa shape index (κ1) is 23.0. The Hall–Kier alpha value is -3.65. The van der Waals surface area contributed by atoms with Crippen molar-refractivity contribution >= 4 is 29.4 Å². The first-order valence-electron chi connectivity index (χ1n) is 9.96. The van der Waals surface area contributed by atoms with Crippen LogP contribution in [0.15, 0.2) is 64.1 Å². The Morgan fingerprint density at radius 1 is 1.25 bits per heavy atom. The highest BCUT2D eigenvalue weighted by Gasteiger charge is 2.14. The Labute approximate surface area is 190 Å². The largest absolute Gasteiger partial charge is 0.484 e. The lowest BCUT2D eigenvalue weighted by atomic mass is 9.99. The number of carbonyl (C=O) groups is 1. The van der Waals surface area contributed by atoms with Gasteiger partial charge in [0.2, 0.25) is 0 Å². The molecule has 0 saturated carbocycles. The lowest BCUT2D eigenvalue weighted by molar-refractivity contribution is -0.384. The van der Waals surface area contributed by atoms with Crippen molar-refractivity contribution in [1.82, 2.24) is 5.43 Å². The number of benzene rings is 2. The van der Waals surface area contributed by atoms with Crippen LogP contribution < -0.4 is 10.2 Å². The van der Waals surface area contributed by atoms with Gasteiger partial charge in [-0.1, -0.05) is 37.6 Å². The van der Waals surface area contributed by atoms with E-state index in [1.165, 1.54) is 30.0 Å². The highest BCUT2D eigenvalue weighted by Crippen LogP contribution is 2.32. The molecule has 0 aliphatic carbocycles. The molecule has 8 nitrogen and oxygen atoms in total. The number of nitro groups is 1. The quantitative estimate of drug-likeness (QED) is 0.258. The van der Waals surface area contributed by atoms with Gasteiger partial charge in [-0.15, -0.1) is 0 Å². The second-order valence-electron chi connectivity index (χ2n) is 7.08. The molecule has 9 heteroatoms. The molecule has 32 heavy (non-hydrogen) atoms. The maximum Gasteiger partial charge on any atom is 0.277 e. The van der Waals surface area contributed by atoms with Crippen molar-refractivity contribution in [2.45, 2.75) is 26.2 Å². The molecule has 1 atom stereocenters. The highest BCUT2D eigenvalue weighted by atomic mass is 35.5. The van der Waals surface area contributed by atoms with Crippen molar-refractivity contribution in [2.75, 3.05) is 6.61 Å². The second kappa shape index (κ2) is 10.6. The van der Waals surface area contributed by atoms with Crippen LogP contribution in [0.25, 0.3) is 11.3 Å². The smallest absolute Gasteiger partial charge is 0.277 e. The predicted octanol–water partition coefficient (Wildman–Crippen LogP) is 5.55. The summed E-state index contributed by atoms with van der Waals surface area (Å²) >= 11 is 6.12. The molecule has 1 heterocycles. The minimum Gasteiger partial charge on any atom is -0.484 e. The van der Waals surface area contributed by atoms with E-state index in [1.807, 2.05) is 24.3 Å². The van der Waals surface area contributed by atoms with Crippen LogP contribution in [0.4, 0.5) is 5.69 Å². The zero-order valence-corrected chi connectivity index (χ0v) is 18.3. The summed E-state index contributed by atoms with van der Waals surface area (Å²) in [6.07, 6.45) is 2.36. The van der Waals surface area contributed by atoms with Gasteiger partial charge in [0.05, 0.1) is 16.2 Å². The fourth-order valence-electron chi connectivity index (χ4n) is 2.86.